The Morgan fingerprint density at radius 3 is 2.62 bits per heavy atom. The van der Waals surface area contributed by atoms with Gasteiger partial charge in [-0.3, -0.25) is 4.79 Å². The standard InChI is InChI=1S/C20H24BrNO2/c1-16-4-2-5-17(14-16)6-3-12-22-20(23)15-18-7-9-19(10-8-18)24-13-11-21/h2,4-5,7-10,14H,3,6,11-13,15H2,1H3,(H,22,23). The van der Waals surface area contributed by atoms with Crippen LogP contribution in [0.5, 0.6) is 5.75 Å². The summed E-state index contributed by atoms with van der Waals surface area (Å²) in [5, 5.41) is 3.79. The topological polar surface area (TPSA) is 38.3 Å². The lowest BCUT2D eigenvalue weighted by Crippen LogP contribution is -2.26. The molecule has 2 aromatic rings. The van der Waals surface area contributed by atoms with E-state index in [0.717, 1.165) is 29.5 Å². The Morgan fingerprint density at radius 1 is 1.12 bits per heavy atom. The third-order valence-corrected chi connectivity index (χ3v) is 4.00. The van der Waals surface area contributed by atoms with Crippen molar-refractivity contribution in [2.45, 2.75) is 26.2 Å². The Labute approximate surface area is 152 Å². The maximum atomic E-state index is 12.0. The molecule has 0 spiro atoms. The molecule has 3 nitrogen and oxygen atoms in total. The van der Waals surface area contributed by atoms with Gasteiger partial charge in [-0.05, 0) is 43.0 Å². The molecule has 1 N–H and O–H groups in total. The average molecular weight is 390 g/mol. The first-order valence-corrected chi connectivity index (χ1v) is 9.39. The molecule has 0 saturated carbocycles. The van der Waals surface area contributed by atoms with Crippen molar-refractivity contribution in [1.29, 1.82) is 0 Å². The van der Waals surface area contributed by atoms with Gasteiger partial charge in [0.15, 0.2) is 0 Å². The minimum atomic E-state index is 0.0633. The number of hydrogen-bond acceptors (Lipinski definition) is 2. The number of carbonyl (C=O) groups is 1. The summed E-state index contributed by atoms with van der Waals surface area (Å²) >= 11 is 3.32. The number of halogens is 1. The number of aryl methyl sites for hydroxylation is 2. The number of rotatable bonds is 9. The average Bonchev–Trinajstić information content (AvgIpc) is 2.58. The molecular weight excluding hydrogens is 366 g/mol. The molecule has 0 bridgehead atoms. The fraction of sp³-hybridized carbons (Fsp3) is 0.350. The Hall–Kier alpha value is -1.81. The minimum Gasteiger partial charge on any atom is -0.493 e. The van der Waals surface area contributed by atoms with Crippen molar-refractivity contribution < 1.29 is 9.53 Å². The van der Waals surface area contributed by atoms with E-state index in [9.17, 15) is 4.79 Å². The van der Waals surface area contributed by atoms with Crippen LogP contribution >= 0.6 is 15.9 Å². The SMILES string of the molecule is Cc1cccc(CCCNC(=O)Cc2ccc(OCCBr)cc2)c1. The molecule has 128 valence electrons. The van der Waals surface area contributed by atoms with Crippen molar-refractivity contribution in [1.82, 2.24) is 5.32 Å². The van der Waals surface area contributed by atoms with Crippen molar-refractivity contribution in [3.8, 4) is 5.75 Å². The Morgan fingerprint density at radius 2 is 1.92 bits per heavy atom. The largest absolute Gasteiger partial charge is 0.493 e. The van der Waals surface area contributed by atoms with Gasteiger partial charge in [0, 0.05) is 11.9 Å². The molecule has 0 radical (unpaired) electrons. The van der Waals surface area contributed by atoms with Gasteiger partial charge >= 0.3 is 0 Å². The number of carbonyl (C=O) groups excluding carboxylic acids is 1. The van der Waals surface area contributed by atoms with Crippen LogP contribution in [0.25, 0.3) is 0 Å². The molecule has 0 saturated heterocycles. The third kappa shape index (κ3) is 6.75. The number of nitrogens with one attached hydrogen (secondary N) is 1. The van der Waals surface area contributed by atoms with Crippen molar-refractivity contribution in [2.24, 2.45) is 0 Å². The lowest BCUT2D eigenvalue weighted by Gasteiger charge is -2.07. The zero-order valence-corrected chi connectivity index (χ0v) is 15.6. The smallest absolute Gasteiger partial charge is 0.224 e. The van der Waals surface area contributed by atoms with Gasteiger partial charge in [-0.2, -0.15) is 0 Å². The molecule has 0 unspecified atom stereocenters. The summed E-state index contributed by atoms with van der Waals surface area (Å²) in [7, 11) is 0. The molecule has 0 fully saturated rings. The van der Waals surface area contributed by atoms with Gasteiger partial charge in [0.2, 0.25) is 5.91 Å². The monoisotopic (exact) mass is 389 g/mol. The molecule has 0 aliphatic rings. The van der Waals surface area contributed by atoms with E-state index in [-0.39, 0.29) is 5.91 Å². The zero-order chi connectivity index (χ0) is 17.2. The van der Waals surface area contributed by atoms with E-state index in [1.807, 2.05) is 24.3 Å². The molecule has 0 aromatic heterocycles. The minimum absolute atomic E-state index is 0.0633. The lowest BCUT2D eigenvalue weighted by atomic mass is 10.1. The molecule has 2 rings (SSSR count). The third-order valence-electron chi connectivity index (χ3n) is 3.68. The molecule has 2 aromatic carbocycles. The summed E-state index contributed by atoms with van der Waals surface area (Å²) in [6.45, 7) is 3.45. The molecule has 4 heteroatoms. The first-order chi connectivity index (χ1) is 11.7. The fourth-order valence-electron chi connectivity index (χ4n) is 2.50. The van der Waals surface area contributed by atoms with Crippen molar-refractivity contribution in [2.75, 3.05) is 18.5 Å². The Bertz CT molecular complexity index is 640. The van der Waals surface area contributed by atoms with Gasteiger partial charge in [0.05, 0.1) is 13.0 Å². The van der Waals surface area contributed by atoms with Crippen molar-refractivity contribution in [3.05, 3.63) is 65.2 Å². The summed E-state index contributed by atoms with van der Waals surface area (Å²) in [5.41, 5.74) is 3.60. The van der Waals surface area contributed by atoms with Crippen LogP contribution in [0.4, 0.5) is 0 Å². The first-order valence-electron chi connectivity index (χ1n) is 8.27. The summed E-state index contributed by atoms with van der Waals surface area (Å²) in [6, 6.07) is 16.2. The van der Waals surface area contributed by atoms with Crippen LogP contribution in [0.3, 0.4) is 0 Å². The van der Waals surface area contributed by atoms with Crippen LogP contribution in [0.15, 0.2) is 48.5 Å². The van der Waals surface area contributed by atoms with Crippen LogP contribution < -0.4 is 10.1 Å². The van der Waals surface area contributed by atoms with E-state index in [1.165, 1.54) is 11.1 Å². The second-order valence-electron chi connectivity index (χ2n) is 5.80. The molecule has 0 heterocycles. The highest BCUT2D eigenvalue weighted by atomic mass is 79.9. The summed E-state index contributed by atoms with van der Waals surface area (Å²) in [6.07, 6.45) is 2.35. The van der Waals surface area contributed by atoms with Crippen LogP contribution in [-0.2, 0) is 17.6 Å². The number of alkyl halides is 1. The first kappa shape index (κ1) is 18.5. The maximum absolute atomic E-state index is 12.0. The number of amides is 1. The van der Waals surface area contributed by atoms with Crippen LogP contribution in [0, 0.1) is 6.92 Å². The molecular formula is C20H24BrNO2. The molecule has 1 amide bonds. The van der Waals surface area contributed by atoms with E-state index in [1.54, 1.807) is 0 Å². The highest BCUT2D eigenvalue weighted by Gasteiger charge is 2.03. The summed E-state index contributed by atoms with van der Waals surface area (Å²) in [5.74, 6) is 0.894. The van der Waals surface area contributed by atoms with Gasteiger partial charge < -0.3 is 10.1 Å². The van der Waals surface area contributed by atoms with Crippen LogP contribution in [0.1, 0.15) is 23.1 Å². The van der Waals surface area contributed by atoms with E-state index < -0.39 is 0 Å². The highest BCUT2D eigenvalue weighted by Crippen LogP contribution is 2.13. The molecule has 0 aliphatic heterocycles. The summed E-state index contributed by atoms with van der Waals surface area (Å²) in [4.78, 5) is 12.0. The van der Waals surface area contributed by atoms with Gasteiger partial charge in [0.1, 0.15) is 5.75 Å². The molecule has 24 heavy (non-hydrogen) atoms. The van der Waals surface area contributed by atoms with Crippen molar-refractivity contribution >= 4 is 21.8 Å². The van der Waals surface area contributed by atoms with E-state index >= 15 is 0 Å². The second-order valence-corrected chi connectivity index (χ2v) is 6.59. The quantitative estimate of drug-likeness (QED) is 0.518. The highest BCUT2D eigenvalue weighted by molar-refractivity contribution is 9.09. The normalized spacial score (nSPS) is 10.4. The second kappa shape index (κ2) is 10.1. The predicted octanol–water partition coefficient (Wildman–Crippen LogP) is 4.06. The van der Waals surface area contributed by atoms with Crippen LogP contribution in [0.2, 0.25) is 0 Å². The number of benzene rings is 2. The van der Waals surface area contributed by atoms with Crippen molar-refractivity contribution in [3.63, 3.8) is 0 Å². The number of ether oxygens (including phenoxy) is 1. The lowest BCUT2D eigenvalue weighted by molar-refractivity contribution is -0.120. The van der Waals surface area contributed by atoms with E-state index in [4.69, 9.17) is 4.74 Å². The fourth-order valence-corrected chi connectivity index (χ4v) is 2.66. The van der Waals surface area contributed by atoms with E-state index in [0.29, 0.717) is 19.6 Å². The predicted molar refractivity (Wildman–Crippen MR) is 102 cm³/mol. The van der Waals surface area contributed by atoms with Gasteiger partial charge in [0.25, 0.3) is 0 Å². The van der Waals surface area contributed by atoms with Crippen LogP contribution in [-0.4, -0.2) is 24.4 Å². The Balaban J connectivity index is 1.67. The molecule has 0 aliphatic carbocycles. The molecule has 0 atom stereocenters. The zero-order valence-electron chi connectivity index (χ0n) is 14.1. The van der Waals surface area contributed by atoms with E-state index in [2.05, 4.69) is 52.4 Å². The summed E-state index contributed by atoms with van der Waals surface area (Å²) < 4.78 is 5.50. The van der Waals surface area contributed by atoms with Gasteiger partial charge in [-0.15, -0.1) is 0 Å². The Kier molecular flexibility index (Phi) is 7.83. The van der Waals surface area contributed by atoms with Gasteiger partial charge in [-0.1, -0.05) is 57.9 Å². The van der Waals surface area contributed by atoms with Gasteiger partial charge in [-0.25, -0.2) is 0 Å². The maximum Gasteiger partial charge on any atom is 0.224 e. The number of hydrogen-bond donors (Lipinski definition) is 1.